The molecule has 0 spiro atoms. The largest absolute Gasteiger partial charge is 0.375 e. The van der Waals surface area contributed by atoms with Gasteiger partial charge in [-0.1, -0.05) is 0 Å². The number of halogens is 1. The third kappa shape index (κ3) is 3.44. The van der Waals surface area contributed by atoms with Crippen LogP contribution in [0.5, 0.6) is 0 Å². The van der Waals surface area contributed by atoms with Gasteiger partial charge in [-0.05, 0) is 61.7 Å². The monoisotopic (exact) mass is 328 g/mol. The molecule has 126 valence electrons. The zero-order valence-electron chi connectivity index (χ0n) is 13.3. The normalized spacial score (nSPS) is 42.7. The summed E-state index contributed by atoms with van der Waals surface area (Å²) in [5.41, 5.74) is 0.441. The van der Waals surface area contributed by atoms with Gasteiger partial charge in [-0.15, -0.1) is 12.4 Å². The fourth-order valence-corrected chi connectivity index (χ4v) is 5.82. The van der Waals surface area contributed by atoms with E-state index in [9.17, 15) is 4.79 Å². The molecule has 5 aliphatic rings. The predicted octanol–water partition coefficient (Wildman–Crippen LogP) is 2.12. The molecule has 1 aliphatic heterocycles. The van der Waals surface area contributed by atoms with Crippen molar-refractivity contribution in [3.63, 3.8) is 0 Å². The lowest BCUT2D eigenvalue weighted by Crippen LogP contribution is -2.51. The van der Waals surface area contributed by atoms with Gasteiger partial charge in [-0.3, -0.25) is 4.79 Å². The molecule has 5 fully saturated rings. The zero-order valence-corrected chi connectivity index (χ0v) is 14.1. The SMILES string of the molecule is Cl.O=C(CC1CNCCO1)NCC12CC3CC(CC(C3)C1)C2. The Morgan fingerprint density at radius 3 is 2.32 bits per heavy atom. The van der Waals surface area contributed by atoms with E-state index in [1.807, 2.05) is 0 Å². The Bertz CT molecular complexity index is 374. The van der Waals surface area contributed by atoms with Gasteiger partial charge >= 0.3 is 0 Å². The van der Waals surface area contributed by atoms with Crippen LogP contribution in [0.3, 0.4) is 0 Å². The van der Waals surface area contributed by atoms with Crippen LogP contribution >= 0.6 is 12.4 Å². The lowest BCUT2D eigenvalue weighted by Gasteiger charge is -2.56. The topological polar surface area (TPSA) is 50.4 Å². The van der Waals surface area contributed by atoms with E-state index in [2.05, 4.69) is 10.6 Å². The first-order chi connectivity index (χ1) is 10.2. The number of hydrogen-bond donors (Lipinski definition) is 2. The van der Waals surface area contributed by atoms with Gasteiger partial charge in [-0.25, -0.2) is 0 Å². The molecule has 4 bridgehead atoms. The van der Waals surface area contributed by atoms with E-state index in [0.717, 1.165) is 44.0 Å². The number of amides is 1. The average Bonchev–Trinajstić information content (AvgIpc) is 2.45. The summed E-state index contributed by atoms with van der Waals surface area (Å²) >= 11 is 0. The van der Waals surface area contributed by atoms with E-state index >= 15 is 0 Å². The second-order valence-electron chi connectivity index (χ2n) is 8.10. The Kier molecular flexibility index (Phi) is 5.01. The summed E-state index contributed by atoms with van der Waals surface area (Å²) in [5, 5.41) is 6.53. The quantitative estimate of drug-likeness (QED) is 0.831. The van der Waals surface area contributed by atoms with Crippen LogP contribution in [0.2, 0.25) is 0 Å². The van der Waals surface area contributed by atoms with Gasteiger partial charge in [0.15, 0.2) is 0 Å². The Labute approximate surface area is 139 Å². The molecule has 22 heavy (non-hydrogen) atoms. The third-order valence-electron chi connectivity index (χ3n) is 6.24. The summed E-state index contributed by atoms with van der Waals surface area (Å²) in [6, 6.07) is 0. The van der Waals surface area contributed by atoms with Crippen LogP contribution < -0.4 is 10.6 Å². The van der Waals surface area contributed by atoms with Gasteiger partial charge in [0.1, 0.15) is 0 Å². The molecule has 0 aromatic rings. The van der Waals surface area contributed by atoms with Crippen LogP contribution in [0.25, 0.3) is 0 Å². The molecular formula is C17H29ClN2O2. The molecule has 4 saturated carbocycles. The van der Waals surface area contributed by atoms with Crippen molar-refractivity contribution in [1.29, 1.82) is 0 Å². The Hall–Kier alpha value is -0.320. The molecule has 1 saturated heterocycles. The maximum atomic E-state index is 12.2. The molecule has 0 aromatic carbocycles. The molecule has 1 atom stereocenters. The molecule has 4 aliphatic carbocycles. The summed E-state index contributed by atoms with van der Waals surface area (Å²) in [7, 11) is 0. The fraction of sp³-hybridized carbons (Fsp3) is 0.941. The van der Waals surface area contributed by atoms with Gasteiger partial charge in [0.05, 0.1) is 19.1 Å². The van der Waals surface area contributed by atoms with Crippen molar-refractivity contribution < 1.29 is 9.53 Å². The first kappa shape index (κ1) is 16.5. The number of rotatable bonds is 4. The highest BCUT2D eigenvalue weighted by Gasteiger charge is 2.50. The standard InChI is InChI=1S/C17H28N2O2.ClH/c20-16(6-15-10-18-1-2-21-15)19-11-17-7-12-3-13(8-17)5-14(4-12)9-17;/h12-15,18H,1-11H2,(H,19,20);1H. The van der Waals surface area contributed by atoms with Crippen molar-refractivity contribution in [3.05, 3.63) is 0 Å². The molecule has 1 amide bonds. The van der Waals surface area contributed by atoms with Crippen LogP contribution in [0.4, 0.5) is 0 Å². The molecular weight excluding hydrogens is 300 g/mol. The molecule has 5 heteroatoms. The van der Waals surface area contributed by atoms with Gasteiger partial charge in [0, 0.05) is 19.6 Å². The number of hydrogen-bond acceptors (Lipinski definition) is 3. The highest BCUT2D eigenvalue weighted by molar-refractivity contribution is 5.85. The lowest BCUT2D eigenvalue weighted by atomic mass is 9.49. The van der Waals surface area contributed by atoms with Crippen LogP contribution in [-0.4, -0.2) is 38.3 Å². The Morgan fingerprint density at radius 1 is 1.14 bits per heavy atom. The van der Waals surface area contributed by atoms with Gasteiger partial charge < -0.3 is 15.4 Å². The molecule has 2 N–H and O–H groups in total. The zero-order chi connectivity index (χ0) is 14.3. The predicted molar refractivity (Wildman–Crippen MR) is 88.1 cm³/mol. The number of morpholine rings is 1. The maximum absolute atomic E-state index is 12.2. The second-order valence-corrected chi connectivity index (χ2v) is 8.10. The minimum Gasteiger partial charge on any atom is -0.375 e. The molecule has 5 rings (SSSR count). The lowest BCUT2D eigenvalue weighted by molar-refractivity contribution is -0.126. The first-order valence-electron chi connectivity index (χ1n) is 8.80. The second kappa shape index (κ2) is 6.66. The smallest absolute Gasteiger partial charge is 0.222 e. The highest BCUT2D eigenvalue weighted by Crippen LogP contribution is 2.59. The van der Waals surface area contributed by atoms with Gasteiger partial charge in [0.25, 0.3) is 0 Å². The van der Waals surface area contributed by atoms with Crippen LogP contribution in [0.1, 0.15) is 44.9 Å². The van der Waals surface area contributed by atoms with Crippen LogP contribution in [0, 0.1) is 23.2 Å². The fourth-order valence-electron chi connectivity index (χ4n) is 5.82. The highest BCUT2D eigenvalue weighted by atomic mass is 35.5. The minimum atomic E-state index is 0. The Morgan fingerprint density at radius 2 is 1.77 bits per heavy atom. The number of carbonyl (C=O) groups excluding carboxylic acids is 1. The van der Waals surface area contributed by atoms with E-state index in [0.29, 0.717) is 11.8 Å². The van der Waals surface area contributed by atoms with Crippen molar-refractivity contribution in [2.45, 2.75) is 51.0 Å². The molecule has 1 heterocycles. The Balaban J connectivity index is 0.00000144. The number of ether oxygens (including phenoxy) is 1. The van der Waals surface area contributed by atoms with Crippen LogP contribution in [0.15, 0.2) is 0 Å². The number of nitrogens with one attached hydrogen (secondary N) is 2. The van der Waals surface area contributed by atoms with Crippen molar-refractivity contribution in [2.75, 3.05) is 26.2 Å². The van der Waals surface area contributed by atoms with Gasteiger partial charge in [-0.2, -0.15) is 0 Å². The average molecular weight is 329 g/mol. The minimum absolute atomic E-state index is 0. The number of carbonyl (C=O) groups is 1. The summed E-state index contributed by atoms with van der Waals surface area (Å²) in [6.45, 7) is 3.36. The van der Waals surface area contributed by atoms with Crippen molar-refractivity contribution in [2.24, 2.45) is 23.2 Å². The van der Waals surface area contributed by atoms with E-state index in [-0.39, 0.29) is 24.4 Å². The molecule has 0 aromatic heterocycles. The summed E-state index contributed by atoms with van der Waals surface area (Å²) in [4.78, 5) is 12.2. The molecule has 4 nitrogen and oxygen atoms in total. The first-order valence-corrected chi connectivity index (χ1v) is 8.80. The summed E-state index contributed by atoms with van der Waals surface area (Å²) in [6.07, 6.45) is 9.06. The summed E-state index contributed by atoms with van der Waals surface area (Å²) in [5.74, 6) is 3.05. The van der Waals surface area contributed by atoms with E-state index in [1.54, 1.807) is 0 Å². The maximum Gasteiger partial charge on any atom is 0.222 e. The third-order valence-corrected chi connectivity index (χ3v) is 6.24. The summed E-state index contributed by atoms with van der Waals surface area (Å²) < 4.78 is 5.62. The van der Waals surface area contributed by atoms with Crippen molar-refractivity contribution in [1.82, 2.24) is 10.6 Å². The van der Waals surface area contributed by atoms with Crippen molar-refractivity contribution in [3.8, 4) is 0 Å². The van der Waals surface area contributed by atoms with Crippen LogP contribution in [-0.2, 0) is 9.53 Å². The molecule has 0 radical (unpaired) electrons. The van der Waals surface area contributed by atoms with E-state index in [1.165, 1.54) is 38.5 Å². The van der Waals surface area contributed by atoms with Gasteiger partial charge in [0.2, 0.25) is 5.91 Å². The van der Waals surface area contributed by atoms with Crippen molar-refractivity contribution >= 4 is 18.3 Å². The molecule has 1 unspecified atom stereocenters. The van der Waals surface area contributed by atoms with E-state index < -0.39 is 0 Å². The van der Waals surface area contributed by atoms with E-state index in [4.69, 9.17) is 4.74 Å².